The number of carbonyl (C=O) groups excluding carboxylic acids is 1. The Kier molecular flexibility index (Phi) is 3.58. The Balaban J connectivity index is 2.05. The van der Waals surface area contributed by atoms with Crippen molar-refractivity contribution in [3.05, 3.63) is 29.3 Å². The van der Waals surface area contributed by atoms with Crippen molar-refractivity contribution in [1.82, 2.24) is 0 Å². The quantitative estimate of drug-likeness (QED) is 0.637. The summed E-state index contributed by atoms with van der Waals surface area (Å²) >= 11 is 1.56. The molecule has 1 aromatic rings. The van der Waals surface area contributed by atoms with Crippen molar-refractivity contribution in [2.45, 2.75) is 18.2 Å². The number of rotatable bonds is 3. The van der Waals surface area contributed by atoms with E-state index < -0.39 is 0 Å². The van der Waals surface area contributed by atoms with Crippen LogP contribution in [0.1, 0.15) is 13.3 Å². The lowest BCUT2D eigenvalue weighted by atomic mass is 10.2. The molecule has 0 spiro atoms. The molecule has 3 N–H and O–H groups in total. The van der Waals surface area contributed by atoms with Crippen LogP contribution in [0.5, 0.6) is 0 Å². The average Bonchev–Trinajstić information content (AvgIpc) is 2.29. The number of thioether (sulfide) groups is 1. The smallest absolute Gasteiger partial charge is 0.311 e. The molecule has 1 aliphatic heterocycles. The van der Waals surface area contributed by atoms with E-state index in [-0.39, 0.29) is 12.4 Å². The molecule has 0 saturated heterocycles. The summed E-state index contributed by atoms with van der Waals surface area (Å²) in [5.41, 5.74) is 8.27. The van der Waals surface area contributed by atoms with Crippen LogP contribution in [-0.2, 0) is 9.53 Å². The first-order valence-corrected chi connectivity index (χ1v) is 6.25. The summed E-state index contributed by atoms with van der Waals surface area (Å²) in [4.78, 5) is 12.4. The predicted octanol–water partition coefficient (Wildman–Crippen LogP) is 2.58. The fourth-order valence-corrected chi connectivity index (χ4v) is 2.39. The number of benzene rings is 1. The second kappa shape index (κ2) is 5.14. The summed E-state index contributed by atoms with van der Waals surface area (Å²) in [5, 5.41) is 5.11. The third kappa shape index (κ3) is 2.94. The van der Waals surface area contributed by atoms with Gasteiger partial charge in [0.15, 0.2) is 0 Å². The van der Waals surface area contributed by atoms with Crippen LogP contribution in [0.25, 0.3) is 0 Å². The van der Waals surface area contributed by atoms with E-state index in [4.69, 9.17) is 10.5 Å². The first kappa shape index (κ1) is 11.9. The van der Waals surface area contributed by atoms with Crippen LogP contribution in [0.15, 0.2) is 34.2 Å². The second-order valence-electron chi connectivity index (χ2n) is 3.62. The first-order chi connectivity index (χ1) is 8.19. The van der Waals surface area contributed by atoms with Crippen LogP contribution in [0, 0.1) is 0 Å². The van der Waals surface area contributed by atoms with Crippen LogP contribution in [-0.4, -0.2) is 12.6 Å². The van der Waals surface area contributed by atoms with Crippen LogP contribution >= 0.6 is 11.8 Å². The van der Waals surface area contributed by atoms with Crippen molar-refractivity contribution in [3.63, 3.8) is 0 Å². The minimum absolute atomic E-state index is 0.217. The second-order valence-corrected chi connectivity index (χ2v) is 4.53. The number of esters is 1. The van der Waals surface area contributed by atoms with Gasteiger partial charge in [-0.2, -0.15) is 0 Å². The van der Waals surface area contributed by atoms with Crippen LogP contribution in [0.4, 0.5) is 11.4 Å². The normalized spacial score (nSPS) is 13.4. The Hall–Kier alpha value is -1.62. The maximum Gasteiger partial charge on any atom is 0.311 e. The summed E-state index contributed by atoms with van der Waals surface area (Å²) in [6.07, 6.45) is 0.269. The van der Waals surface area contributed by atoms with Crippen molar-refractivity contribution in [1.29, 1.82) is 0 Å². The Morgan fingerprint density at radius 3 is 3.12 bits per heavy atom. The molecule has 1 heterocycles. The number of ether oxygens (including phenoxy) is 1. The summed E-state index contributed by atoms with van der Waals surface area (Å²) < 4.78 is 4.90. The van der Waals surface area contributed by atoms with Gasteiger partial charge in [-0.15, -0.1) is 0 Å². The molecule has 5 heteroatoms. The lowest BCUT2D eigenvalue weighted by Crippen LogP contribution is -2.11. The van der Waals surface area contributed by atoms with E-state index in [1.165, 1.54) is 0 Å². The highest BCUT2D eigenvalue weighted by Crippen LogP contribution is 2.36. The first-order valence-electron chi connectivity index (χ1n) is 5.37. The zero-order chi connectivity index (χ0) is 12.3. The van der Waals surface area contributed by atoms with Crippen molar-refractivity contribution < 1.29 is 9.53 Å². The van der Waals surface area contributed by atoms with Gasteiger partial charge in [-0.3, -0.25) is 4.79 Å². The van der Waals surface area contributed by atoms with Gasteiger partial charge in [-0.1, -0.05) is 11.8 Å². The number of hydrogen-bond acceptors (Lipinski definition) is 5. The molecule has 0 unspecified atom stereocenters. The number of nitrogen functional groups attached to an aromatic ring is 1. The van der Waals surface area contributed by atoms with Gasteiger partial charge in [-0.05, 0) is 30.5 Å². The molecule has 2 rings (SSSR count). The molecule has 0 atom stereocenters. The van der Waals surface area contributed by atoms with Gasteiger partial charge in [0.25, 0.3) is 0 Å². The summed E-state index contributed by atoms with van der Waals surface area (Å²) in [6, 6.07) is 5.65. The Labute approximate surface area is 104 Å². The number of fused-ring (bicyclic) bond motifs is 1. The number of hydrogen-bond donors (Lipinski definition) is 2. The number of nitrogens with two attached hydrogens (primary N) is 1. The van der Waals surface area contributed by atoms with E-state index in [0.29, 0.717) is 6.61 Å². The number of nitrogens with one attached hydrogen (secondary N) is 1. The highest BCUT2D eigenvalue weighted by molar-refractivity contribution is 8.02. The van der Waals surface area contributed by atoms with Crippen LogP contribution < -0.4 is 11.1 Å². The molecule has 0 saturated carbocycles. The van der Waals surface area contributed by atoms with E-state index in [1.807, 2.05) is 23.6 Å². The molecule has 0 amide bonds. The summed E-state index contributed by atoms with van der Waals surface area (Å²) in [5.74, 6) is -0.217. The summed E-state index contributed by atoms with van der Waals surface area (Å²) in [7, 11) is 0. The zero-order valence-electron chi connectivity index (χ0n) is 9.53. The van der Waals surface area contributed by atoms with Gasteiger partial charge < -0.3 is 15.8 Å². The standard InChI is InChI=1S/C12H14N2O2S/c1-2-16-12(15)6-9-7-17-11-5-8(13)3-4-10(11)14-9/h3-5,7,14H,2,6,13H2,1H3. The van der Waals surface area contributed by atoms with Gasteiger partial charge in [0, 0.05) is 16.3 Å². The predicted molar refractivity (Wildman–Crippen MR) is 69.7 cm³/mol. The Morgan fingerprint density at radius 2 is 2.35 bits per heavy atom. The van der Waals surface area contributed by atoms with Gasteiger partial charge in [0.1, 0.15) is 0 Å². The minimum atomic E-state index is -0.217. The molecule has 4 nitrogen and oxygen atoms in total. The lowest BCUT2D eigenvalue weighted by molar-refractivity contribution is -0.142. The molecular formula is C12H14N2O2S. The molecule has 0 radical (unpaired) electrons. The molecule has 17 heavy (non-hydrogen) atoms. The van der Waals surface area contributed by atoms with E-state index >= 15 is 0 Å². The van der Waals surface area contributed by atoms with Gasteiger partial charge in [0.05, 0.1) is 18.7 Å². The van der Waals surface area contributed by atoms with Crippen molar-refractivity contribution in [2.75, 3.05) is 17.7 Å². The van der Waals surface area contributed by atoms with E-state index in [0.717, 1.165) is 22.0 Å². The molecule has 1 aliphatic rings. The molecule has 0 bridgehead atoms. The highest BCUT2D eigenvalue weighted by atomic mass is 32.2. The molecule has 0 aromatic heterocycles. The minimum Gasteiger partial charge on any atom is -0.466 e. The van der Waals surface area contributed by atoms with E-state index in [2.05, 4.69) is 5.32 Å². The lowest BCUT2D eigenvalue weighted by Gasteiger charge is -2.18. The van der Waals surface area contributed by atoms with Crippen molar-refractivity contribution in [2.24, 2.45) is 0 Å². The molecule has 90 valence electrons. The molecule has 0 fully saturated rings. The largest absolute Gasteiger partial charge is 0.466 e. The maximum absolute atomic E-state index is 11.3. The molecule has 0 aliphatic carbocycles. The Bertz CT molecular complexity index is 472. The number of carbonyl (C=O) groups is 1. The zero-order valence-corrected chi connectivity index (χ0v) is 10.3. The van der Waals surface area contributed by atoms with Crippen molar-refractivity contribution in [3.8, 4) is 0 Å². The third-order valence-corrected chi connectivity index (χ3v) is 3.26. The maximum atomic E-state index is 11.3. The SMILES string of the molecule is CCOC(=O)CC1=CSc2cc(N)ccc2N1. The third-order valence-electron chi connectivity index (χ3n) is 2.27. The monoisotopic (exact) mass is 250 g/mol. The van der Waals surface area contributed by atoms with Crippen molar-refractivity contribution >= 4 is 29.1 Å². The summed E-state index contributed by atoms with van der Waals surface area (Å²) in [6.45, 7) is 2.21. The Morgan fingerprint density at radius 1 is 1.53 bits per heavy atom. The number of anilines is 2. The fraction of sp³-hybridized carbons (Fsp3) is 0.250. The van der Waals surface area contributed by atoms with E-state index in [9.17, 15) is 4.79 Å². The van der Waals surface area contributed by atoms with Crippen LogP contribution in [0.2, 0.25) is 0 Å². The van der Waals surface area contributed by atoms with Gasteiger partial charge >= 0.3 is 5.97 Å². The molecule has 1 aromatic carbocycles. The molecular weight excluding hydrogens is 236 g/mol. The van der Waals surface area contributed by atoms with Gasteiger partial charge in [0.2, 0.25) is 0 Å². The highest BCUT2D eigenvalue weighted by Gasteiger charge is 2.14. The van der Waals surface area contributed by atoms with Crippen LogP contribution in [0.3, 0.4) is 0 Å². The average molecular weight is 250 g/mol. The van der Waals surface area contributed by atoms with E-state index in [1.54, 1.807) is 18.7 Å². The van der Waals surface area contributed by atoms with Gasteiger partial charge in [-0.25, -0.2) is 0 Å². The fourth-order valence-electron chi connectivity index (χ4n) is 1.53. The topological polar surface area (TPSA) is 64.3 Å².